The first-order valence-electron chi connectivity index (χ1n) is 4.07. The van der Waals surface area contributed by atoms with Gasteiger partial charge in [-0.1, -0.05) is 30.3 Å². The summed E-state index contributed by atoms with van der Waals surface area (Å²) in [6.07, 6.45) is 1.59. The van der Waals surface area contributed by atoms with Crippen LogP contribution in [0.25, 0.3) is 0 Å². The second kappa shape index (κ2) is 2.97. The Labute approximate surface area is 76.6 Å². The van der Waals surface area contributed by atoms with E-state index in [1.54, 1.807) is 5.82 Å². The minimum absolute atomic E-state index is 0.0350. The smallest absolute Gasteiger partial charge is 0.163 e. The molecule has 1 atom stereocenters. The molecule has 0 aromatic heterocycles. The van der Waals surface area contributed by atoms with Crippen LogP contribution >= 0.6 is 7.14 Å². The Morgan fingerprint density at radius 3 is 2.38 bits per heavy atom. The van der Waals surface area contributed by atoms with Gasteiger partial charge in [0.1, 0.15) is 7.14 Å². The number of benzene rings is 1. The largest absolute Gasteiger partial charge is 0.314 e. The van der Waals surface area contributed by atoms with Gasteiger partial charge in [0.2, 0.25) is 0 Å². The van der Waals surface area contributed by atoms with E-state index >= 15 is 0 Å². The molecule has 1 aromatic rings. The van der Waals surface area contributed by atoms with Crippen molar-refractivity contribution in [3.63, 3.8) is 0 Å². The van der Waals surface area contributed by atoms with Gasteiger partial charge in [-0.25, -0.2) is 0 Å². The van der Waals surface area contributed by atoms with Crippen LogP contribution in [0.5, 0.6) is 0 Å². The highest BCUT2D eigenvalue weighted by atomic mass is 31.2. The van der Waals surface area contributed by atoms with Crippen molar-refractivity contribution in [2.45, 2.75) is 0 Å². The molecule has 66 valence electrons. The Balaban J connectivity index is 2.44. The molecular formula is C10H9O2P. The van der Waals surface area contributed by atoms with Gasteiger partial charge in [-0.05, 0) is 11.9 Å². The van der Waals surface area contributed by atoms with E-state index in [4.69, 9.17) is 0 Å². The zero-order valence-electron chi connectivity index (χ0n) is 7.01. The second-order valence-electron chi connectivity index (χ2n) is 3.07. The van der Waals surface area contributed by atoms with Crippen LogP contribution in [-0.4, -0.2) is 11.9 Å². The predicted octanol–water partition coefficient (Wildman–Crippen LogP) is 1.77. The maximum absolute atomic E-state index is 12.1. The third-order valence-corrected chi connectivity index (χ3v) is 4.67. The summed E-state index contributed by atoms with van der Waals surface area (Å²) in [4.78, 5) is 11.0. The van der Waals surface area contributed by atoms with Crippen LogP contribution in [0, 0.1) is 0 Å². The first-order valence-corrected chi connectivity index (χ1v) is 6.03. The van der Waals surface area contributed by atoms with Gasteiger partial charge in [-0.2, -0.15) is 0 Å². The monoisotopic (exact) mass is 192 g/mol. The van der Waals surface area contributed by atoms with E-state index in [1.165, 1.54) is 6.08 Å². The molecule has 0 amide bonds. The molecule has 3 heteroatoms. The van der Waals surface area contributed by atoms with Crippen LogP contribution in [0.1, 0.15) is 0 Å². The summed E-state index contributed by atoms with van der Waals surface area (Å²) in [5, 5.41) is 0.775. The minimum atomic E-state index is -2.51. The fraction of sp³-hybridized carbons (Fsp3) is 0.100. The first kappa shape index (κ1) is 8.46. The highest BCUT2D eigenvalue weighted by Crippen LogP contribution is 2.49. The highest BCUT2D eigenvalue weighted by Gasteiger charge is 2.28. The number of carbonyl (C=O) groups excluding carboxylic acids is 1. The van der Waals surface area contributed by atoms with Crippen molar-refractivity contribution in [3.8, 4) is 0 Å². The maximum atomic E-state index is 12.1. The van der Waals surface area contributed by atoms with Crippen LogP contribution in [0.15, 0.2) is 42.2 Å². The van der Waals surface area contributed by atoms with Gasteiger partial charge in [0.05, 0.1) is 6.16 Å². The molecule has 0 aliphatic carbocycles. The highest BCUT2D eigenvalue weighted by molar-refractivity contribution is 7.75. The summed E-state index contributed by atoms with van der Waals surface area (Å²) >= 11 is 0. The summed E-state index contributed by atoms with van der Waals surface area (Å²) in [5.41, 5.74) is 0. The summed E-state index contributed by atoms with van der Waals surface area (Å²) in [6, 6.07) is 9.17. The van der Waals surface area contributed by atoms with Gasteiger partial charge in [0, 0.05) is 5.30 Å². The lowest BCUT2D eigenvalue weighted by molar-refractivity contribution is -0.112. The van der Waals surface area contributed by atoms with Gasteiger partial charge in [0.15, 0.2) is 5.78 Å². The number of ketones is 1. The zero-order chi connectivity index (χ0) is 9.31. The molecule has 1 aromatic carbocycles. The molecule has 0 fully saturated rings. The Bertz CT molecular complexity index is 406. The molecule has 13 heavy (non-hydrogen) atoms. The van der Waals surface area contributed by atoms with Crippen molar-refractivity contribution in [1.82, 2.24) is 0 Å². The van der Waals surface area contributed by atoms with Crippen LogP contribution in [-0.2, 0) is 9.36 Å². The lowest BCUT2D eigenvalue weighted by Crippen LogP contribution is -2.05. The number of carbonyl (C=O) groups is 1. The molecule has 0 bridgehead atoms. The normalized spacial score (nSPS) is 26.6. The van der Waals surface area contributed by atoms with Crippen molar-refractivity contribution >= 4 is 18.2 Å². The van der Waals surface area contributed by atoms with Crippen LogP contribution in [0.2, 0.25) is 0 Å². The van der Waals surface area contributed by atoms with Gasteiger partial charge in [-0.15, -0.1) is 0 Å². The van der Waals surface area contributed by atoms with Crippen molar-refractivity contribution in [2.75, 3.05) is 6.16 Å². The van der Waals surface area contributed by atoms with E-state index < -0.39 is 7.14 Å². The fourth-order valence-corrected chi connectivity index (χ4v) is 3.51. The molecule has 1 unspecified atom stereocenters. The summed E-state index contributed by atoms with van der Waals surface area (Å²) in [5.74, 6) is 1.53. The summed E-state index contributed by atoms with van der Waals surface area (Å²) in [6.45, 7) is 0. The standard InChI is InChI=1S/C10H9O2P/c11-9-6-7-13(12,8-9)10-4-2-1-3-5-10/h1-7H,8H2. The maximum Gasteiger partial charge on any atom is 0.163 e. The van der Waals surface area contributed by atoms with E-state index in [1.807, 2.05) is 30.3 Å². The second-order valence-corrected chi connectivity index (χ2v) is 5.79. The van der Waals surface area contributed by atoms with Gasteiger partial charge < -0.3 is 4.57 Å². The number of hydrogen-bond acceptors (Lipinski definition) is 2. The molecule has 0 saturated heterocycles. The quantitative estimate of drug-likeness (QED) is 0.635. The molecule has 2 nitrogen and oxygen atoms in total. The third kappa shape index (κ3) is 1.50. The average molecular weight is 192 g/mol. The first-order chi connectivity index (χ1) is 6.21. The fourth-order valence-electron chi connectivity index (χ4n) is 1.40. The Kier molecular flexibility index (Phi) is 1.93. The zero-order valence-corrected chi connectivity index (χ0v) is 7.91. The Morgan fingerprint density at radius 2 is 1.85 bits per heavy atom. The van der Waals surface area contributed by atoms with E-state index in [2.05, 4.69) is 0 Å². The van der Waals surface area contributed by atoms with Crippen molar-refractivity contribution in [2.24, 2.45) is 0 Å². The van der Waals surface area contributed by atoms with Crippen molar-refractivity contribution in [1.29, 1.82) is 0 Å². The van der Waals surface area contributed by atoms with Crippen LogP contribution in [0.4, 0.5) is 0 Å². The van der Waals surface area contributed by atoms with Crippen LogP contribution in [0.3, 0.4) is 0 Å². The molecule has 1 heterocycles. The van der Waals surface area contributed by atoms with Gasteiger partial charge in [0.25, 0.3) is 0 Å². The van der Waals surface area contributed by atoms with E-state index in [0.717, 1.165) is 5.30 Å². The summed E-state index contributed by atoms with van der Waals surface area (Å²) < 4.78 is 12.1. The Hall–Kier alpha value is -1.14. The minimum Gasteiger partial charge on any atom is -0.314 e. The lowest BCUT2D eigenvalue weighted by Gasteiger charge is -2.07. The van der Waals surface area contributed by atoms with Gasteiger partial charge >= 0.3 is 0 Å². The van der Waals surface area contributed by atoms with E-state index in [9.17, 15) is 9.36 Å². The lowest BCUT2D eigenvalue weighted by atomic mass is 10.4. The van der Waals surface area contributed by atoms with E-state index in [-0.39, 0.29) is 11.9 Å². The summed E-state index contributed by atoms with van der Waals surface area (Å²) in [7, 11) is -2.51. The van der Waals surface area contributed by atoms with Crippen molar-refractivity contribution in [3.05, 3.63) is 42.2 Å². The molecular weight excluding hydrogens is 183 g/mol. The Morgan fingerprint density at radius 1 is 1.15 bits per heavy atom. The molecule has 0 spiro atoms. The van der Waals surface area contributed by atoms with E-state index in [0.29, 0.717) is 0 Å². The molecule has 0 radical (unpaired) electrons. The number of allylic oxidation sites excluding steroid dienone is 1. The molecule has 1 aliphatic rings. The SMILES string of the molecule is O=C1C=CP(=O)(c2ccccc2)C1. The predicted molar refractivity (Wildman–Crippen MR) is 52.7 cm³/mol. The van der Waals surface area contributed by atoms with Crippen LogP contribution < -0.4 is 5.30 Å². The van der Waals surface area contributed by atoms with Crippen molar-refractivity contribution < 1.29 is 9.36 Å². The molecule has 0 saturated carbocycles. The average Bonchev–Trinajstić information content (AvgIpc) is 2.49. The van der Waals surface area contributed by atoms with Gasteiger partial charge in [-0.3, -0.25) is 4.79 Å². The molecule has 2 rings (SSSR count). The topological polar surface area (TPSA) is 34.1 Å². The number of hydrogen-bond donors (Lipinski definition) is 0. The third-order valence-electron chi connectivity index (χ3n) is 2.09. The molecule has 1 aliphatic heterocycles. The molecule has 0 N–H and O–H groups in total. The number of rotatable bonds is 1.